The number of carboxylic acids is 1. The van der Waals surface area contributed by atoms with Crippen LogP contribution >= 0.6 is 0 Å². The van der Waals surface area contributed by atoms with Crippen LogP contribution in [0, 0.1) is 10.1 Å². The molecule has 1 aliphatic heterocycles. The highest BCUT2D eigenvalue weighted by atomic mass is 16.6. The first-order chi connectivity index (χ1) is 9.38. The molecule has 0 aromatic heterocycles. The Morgan fingerprint density at radius 3 is 2.80 bits per heavy atom. The molecule has 0 bridgehead atoms. The SMILES string of the molecule is CC(Nc1cc2c(cc1[N+](=O)[O-])CCC(=O)N2)C(=O)O. The van der Waals surface area contributed by atoms with E-state index < -0.39 is 16.9 Å². The number of carboxylic acid groups (broad SMARTS) is 1. The van der Waals surface area contributed by atoms with Crippen LogP contribution in [0.3, 0.4) is 0 Å². The molecule has 0 radical (unpaired) electrons. The van der Waals surface area contributed by atoms with Gasteiger partial charge >= 0.3 is 5.97 Å². The summed E-state index contributed by atoms with van der Waals surface area (Å²) in [5.74, 6) is -1.29. The Labute approximate surface area is 113 Å². The van der Waals surface area contributed by atoms with Crippen molar-refractivity contribution < 1.29 is 19.6 Å². The van der Waals surface area contributed by atoms with Gasteiger partial charge < -0.3 is 15.7 Å². The van der Waals surface area contributed by atoms with Gasteiger partial charge in [0.15, 0.2) is 0 Å². The number of carbonyl (C=O) groups is 2. The molecule has 8 nitrogen and oxygen atoms in total. The number of nitrogens with zero attached hydrogens (tertiary/aromatic N) is 1. The maximum absolute atomic E-state index is 11.3. The third-order valence-electron chi connectivity index (χ3n) is 3.06. The summed E-state index contributed by atoms with van der Waals surface area (Å²) >= 11 is 0. The minimum atomic E-state index is -1.12. The second-order valence-electron chi connectivity index (χ2n) is 4.54. The summed E-state index contributed by atoms with van der Waals surface area (Å²) in [5, 5.41) is 25.1. The maximum Gasteiger partial charge on any atom is 0.325 e. The smallest absolute Gasteiger partial charge is 0.325 e. The van der Waals surface area contributed by atoms with Crippen molar-refractivity contribution in [2.24, 2.45) is 0 Å². The van der Waals surface area contributed by atoms with E-state index in [4.69, 9.17) is 5.11 Å². The van der Waals surface area contributed by atoms with E-state index in [0.29, 0.717) is 17.7 Å². The molecule has 1 amide bonds. The van der Waals surface area contributed by atoms with Crippen molar-refractivity contribution in [3.63, 3.8) is 0 Å². The molecule has 1 heterocycles. The Morgan fingerprint density at radius 2 is 2.20 bits per heavy atom. The van der Waals surface area contributed by atoms with Gasteiger partial charge in [0.2, 0.25) is 5.91 Å². The second kappa shape index (κ2) is 5.16. The van der Waals surface area contributed by atoms with Gasteiger partial charge in [0.25, 0.3) is 5.69 Å². The third kappa shape index (κ3) is 2.68. The lowest BCUT2D eigenvalue weighted by Crippen LogP contribution is -2.26. The Morgan fingerprint density at radius 1 is 1.50 bits per heavy atom. The molecule has 0 aliphatic carbocycles. The van der Waals surface area contributed by atoms with Crippen molar-refractivity contribution in [3.05, 3.63) is 27.8 Å². The van der Waals surface area contributed by atoms with E-state index in [-0.39, 0.29) is 23.7 Å². The maximum atomic E-state index is 11.3. The molecular weight excluding hydrogens is 266 g/mol. The monoisotopic (exact) mass is 279 g/mol. The standard InChI is InChI=1S/C12H13N3O5/c1-6(12(17)18)13-9-5-8-7(2-3-11(16)14-8)4-10(9)15(19)20/h4-6,13H,2-3H2,1H3,(H,14,16)(H,17,18). The van der Waals surface area contributed by atoms with Gasteiger partial charge in [0.05, 0.1) is 4.92 Å². The summed E-state index contributed by atoms with van der Waals surface area (Å²) in [6, 6.07) is 1.79. The molecule has 1 unspecified atom stereocenters. The van der Waals surface area contributed by atoms with E-state index in [1.807, 2.05) is 0 Å². The molecule has 3 N–H and O–H groups in total. The topological polar surface area (TPSA) is 122 Å². The summed E-state index contributed by atoms with van der Waals surface area (Å²) in [7, 11) is 0. The zero-order valence-electron chi connectivity index (χ0n) is 10.7. The Bertz CT molecular complexity index is 599. The van der Waals surface area contributed by atoms with Crippen LogP contribution in [0.1, 0.15) is 18.9 Å². The van der Waals surface area contributed by atoms with Crippen molar-refractivity contribution in [2.45, 2.75) is 25.8 Å². The number of fused-ring (bicyclic) bond motifs is 1. The van der Waals surface area contributed by atoms with Crippen LogP contribution in [0.25, 0.3) is 0 Å². The van der Waals surface area contributed by atoms with Crippen LogP contribution in [-0.4, -0.2) is 27.9 Å². The highest BCUT2D eigenvalue weighted by Gasteiger charge is 2.24. The van der Waals surface area contributed by atoms with Crippen molar-refractivity contribution in [1.82, 2.24) is 0 Å². The third-order valence-corrected chi connectivity index (χ3v) is 3.06. The predicted molar refractivity (Wildman–Crippen MR) is 70.8 cm³/mol. The molecule has 0 saturated carbocycles. The van der Waals surface area contributed by atoms with Gasteiger partial charge in [-0.2, -0.15) is 0 Å². The fourth-order valence-electron chi connectivity index (χ4n) is 1.98. The molecule has 1 aliphatic rings. The average molecular weight is 279 g/mol. The lowest BCUT2D eigenvalue weighted by molar-refractivity contribution is -0.384. The number of nitro benzene ring substituents is 1. The number of nitrogens with one attached hydrogen (secondary N) is 2. The predicted octanol–water partition coefficient (Wildman–Crippen LogP) is 1.36. The minimum Gasteiger partial charge on any atom is -0.480 e. The molecule has 0 saturated heterocycles. The summed E-state index contributed by atoms with van der Waals surface area (Å²) in [6.07, 6.45) is 0.708. The number of aryl methyl sites for hydroxylation is 1. The van der Waals surface area contributed by atoms with Crippen LogP contribution in [0.4, 0.5) is 17.1 Å². The largest absolute Gasteiger partial charge is 0.480 e. The Kier molecular flexibility index (Phi) is 3.55. The van der Waals surface area contributed by atoms with Crippen LogP contribution in [-0.2, 0) is 16.0 Å². The van der Waals surface area contributed by atoms with E-state index in [1.54, 1.807) is 0 Å². The number of benzene rings is 1. The van der Waals surface area contributed by atoms with Crippen LogP contribution in [0.5, 0.6) is 0 Å². The minimum absolute atomic E-state index is 0.0749. The number of amides is 1. The normalized spacial score (nSPS) is 14.9. The molecular formula is C12H13N3O5. The lowest BCUT2D eigenvalue weighted by Gasteiger charge is -2.19. The van der Waals surface area contributed by atoms with Gasteiger partial charge in [-0.15, -0.1) is 0 Å². The van der Waals surface area contributed by atoms with E-state index in [1.165, 1.54) is 19.1 Å². The van der Waals surface area contributed by atoms with Crippen molar-refractivity contribution >= 4 is 28.9 Å². The summed E-state index contributed by atoms with van der Waals surface area (Å²) in [5.41, 5.74) is 1.02. The van der Waals surface area contributed by atoms with Gasteiger partial charge in [0.1, 0.15) is 11.7 Å². The van der Waals surface area contributed by atoms with E-state index in [0.717, 1.165) is 0 Å². The molecule has 106 valence electrons. The van der Waals surface area contributed by atoms with Gasteiger partial charge in [0, 0.05) is 18.2 Å². The van der Waals surface area contributed by atoms with Crippen molar-refractivity contribution in [2.75, 3.05) is 10.6 Å². The number of hydrogen-bond acceptors (Lipinski definition) is 5. The first-order valence-electron chi connectivity index (χ1n) is 5.99. The Hall–Kier alpha value is -2.64. The molecule has 2 rings (SSSR count). The van der Waals surface area contributed by atoms with Crippen LogP contribution in [0.15, 0.2) is 12.1 Å². The molecule has 1 aromatic carbocycles. The summed E-state index contributed by atoms with van der Waals surface area (Å²) in [6.45, 7) is 1.38. The second-order valence-corrected chi connectivity index (χ2v) is 4.54. The zero-order chi connectivity index (χ0) is 14.9. The van der Waals surface area contributed by atoms with E-state index >= 15 is 0 Å². The average Bonchev–Trinajstić information content (AvgIpc) is 2.37. The van der Waals surface area contributed by atoms with E-state index in [9.17, 15) is 19.7 Å². The summed E-state index contributed by atoms with van der Waals surface area (Å²) in [4.78, 5) is 32.6. The summed E-state index contributed by atoms with van der Waals surface area (Å²) < 4.78 is 0. The number of carbonyl (C=O) groups excluding carboxylic acids is 1. The molecule has 0 fully saturated rings. The molecule has 0 spiro atoms. The number of hydrogen-bond donors (Lipinski definition) is 3. The highest BCUT2D eigenvalue weighted by Crippen LogP contribution is 2.34. The van der Waals surface area contributed by atoms with Crippen molar-refractivity contribution in [1.29, 1.82) is 0 Å². The Balaban J connectivity index is 2.43. The highest BCUT2D eigenvalue weighted by molar-refractivity contribution is 5.95. The number of rotatable bonds is 4. The fourth-order valence-corrected chi connectivity index (χ4v) is 1.98. The first kappa shape index (κ1) is 13.8. The zero-order valence-corrected chi connectivity index (χ0v) is 10.7. The van der Waals surface area contributed by atoms with Crippen LogP contribution in [0.2, 0.25) is 0 Å². The van der Waals surface area contributed by atoms with Gasteiger partial charge in [-0.25, -0.2) is 0 Å². The number of anilines is 2. The van der Waals surface area contributed by atoms with Crippen molar-refractivity contribution in [3.8, 4) is 0 Å². The number of nitro groups is 1. The fraction of sp³-hybridized carbons (Fsp3) is 0.333. The van der Waals surface area contributed by atoms with Gasteiger partial charge in [-0.05, 0) is 25.0 Å². The number of aliphatic carboxylic acids is 1. The molecule has 1 atom stereocenters. The van der Waals surface area contributed by atoms with Gasteiger partial charge in [-0.3, -0.25) is 19.7 Å². The first-order valence-corrected chi connectivity index (χ1v) is 5.99. The lowest BCUT2D eigenvalue weighted by atomic mass is 10.0. The van der Waals surface area contributed by atoms with Gasteiger partial charge in [-0.1, -0.05) is 0 Å². The van der Waals surface area contributed by atoms with Crippen LogP contribution < -0.4 is 10.6 Å². The quantitative estimate of drug-likeness (QED) is 0.565. The molecule has 20 heavy (non-hydrogen) atoms. The molecule has 1 aromatic rings. The van der Waals surface area contributed by atoms with E-state index in [2.05, 4.69) is 10.6 Å². The molecule has 8 heteroatoms.